The van der Waals surface area contributed by atoms with Crippen molar-refractivity contribution in [3.05, 3.63) is 35.9 Å². The summed E-state index contributed by atoms with van der Waals surface area (Å²) < 4.78 is 13.8. The van der Waals surface area contributed by atoms with Crippen LogP contribution in [0.4, 0.5) is 4.39 Å². The molecule has 2 rings (SSSR count). The van der Waals surface area contributed by atoms with E-state index in [0.717, 1.165) is 18.5 Å². The second kappa shape index (κ2) is 6.00. The molecular formula is C14H20FN. The molecule has 1 nitrogen and oxygen atoms in total. The van der Waals surface area contributed by atoms with E-state index in [1.807, 2.05) is 30.3 Å². The van der Waals surface area contributed by atoms with Crippen molar-refractivity contribution in [3.63, 3.8) is 0 Å². The summed E-state index contributed by atoms with van der Waals surface area (Å²) in [5.41, 5.74) is 1.10. The molecule has 1 aromatic rings. The van der Waals surface area contributed by atoms with E-state index in [9.17, 15) is 4.39 Å². The van der Waals surface area contributed by atoms with Crippen LogP contribution in [-0.4, -0.2) is 18.8 Å². The molecule has 1 aliphatic heterocycles. The fourth-order valence-electron chi connectivity index (χ4n) is 2.39. The van der Waals surface area contributed by atoms with Gasteiger partial charge in [0.05, 0.1) is 0 Å². The summed E-state index contributed by atoms with van der Waals surface area (Å²) in [6.45, 7) is 1.06. The van der Waals surface area contributed by atoms with Gasteiger partial charge in [-0.05, 0) is 31.4 Å². The lowest BCUT2D eigenvalue weighted by molar-refractivity contribution is 0.255. The van der Waals surface area contributed by atoms with E-state index in [0.29, 0.717) is 18.9 Å². The van der Waals surface area contributed by atoms with Gasteiger partial charge in [-0.25, -0.2) is 4.39 Å². The molecule has 1 heterocycles. The fraction of sp³-hybridized carbons (Fsp3) is 0.571. The lowest BCUT2D eigenvalue weighted by atomic mass is 9.97. The van der Waals surface area contributed by atoms with Gasteiger partial charge in [0.2, 0.25) is 0 Å². The van der Waals surface area contributed by atoms with Gasteiger partial charge in [0.15, 0.2) is 0 Å². The summed E-state index contributed by atoms with van der Waals surface area (Å²) in [6.07, 6.45) is 4.13. The first-order chi connectivity index (χ1) is 7.84. The lowest BCUT2D eigenvalue weighted by Gasteiger charge is -2.24. The number of hydrogen-bond donors (Lipinski definition) is 1. The summed E-state index contributed by atoms with van der Waals surface area (Å²) in [5.74, 6) is 0. The number of benzene rings is 1. The zero-order valence-electron chi connectivity index (χ0n) is 9.66. The molecule has 2 atom stereocenters. The van der Waals surface area contributed by atoms with Crippen molar-refractivity contribution in [1.29, 1.82) is 0 Å². The van der Waals surface area contributed by atoms with Crippen molar-refractivity contribution in [1.82, 2.24) is 5.32 Å². The van der Waals surface area contributed by atoms with Gasteiger partial charge < -0.3 is 5.32 Å². The van der Waals surface area contributed by atoms with Crippen LogP contribution in [0.3, 0.4) is 0 Å². The number of hydrogen-bond acceptors (Lipinski definition) is 1. The Kier molecular flexibility index (Phi) is 4.34. The maximum Gasteiger partial charge on any atom is 0.106 e. The SMILES string of the molecule is FC(Cc1ccccc1)CC1CCCCN1. The van der Waals surface area contributed by atoms with Gasteiger partial charge >= 0.3 is 0 Å². The van der Waals surface area contributed by atoms with E-state index in [1.165, 1.54) is 12.8 Å². The van der Waals surface area contributed by atoms with Gasteiger partial charge in [-0.1, -0.05) is 36.8 Å². The van der Waals surface area contributed by atoms with Crippen LogP contribution in [0.15, 0.2) is 30.3 Å². The average Bonchev–Trinajstić information content (AvgIpc) is 2.31. The first kappa shape index (κ1) is 11.6. The van der Waals surface area contributed by atoms with Crippen molar-refractivity contribution in [2.45, 2.75) is 44.3 Å². The highest BCUT2D eigenvalue weighted by Crippen LogP contribution is 2.16. The van der Waals surface area contributed by atoms with Crippen LogP contribution in [0, 0.1) is 0 Å². The molecule has 0 saturated carbocycles. The Balaban J connectivity index is 1.77. The van der Waals surface area contributed by atoms with Crippen LogP contribution >= 0.6 is 0 Å². The highest BCUT2D eigenvalue weighted by Gasteiger charge is 2.18. The third-order valence-electron chi connectivity index (χ3n) is 3.25. The Morgan fingerprint density at radius 2 is 2.06 bits per heavy atom. The third-order valence-corrected chi connectivity index (χ3v) is 3.25. The summed E-state index contributed by atoms with van der Waals surface area (Å²) in [5, 5.41) is 3.40. The van der Waals surface area contributed by atoms with E-state index in [1.54, 1.807) is 0 Å². The molecule has 2 unspecified atom stereocenters. The Morgan fingerprint density at radius 3 is 2.75 bits per heavy atom. The lowest BCUT2D eigenvalue weighted by Crippen LogP contribution is -2.36. The number of alkyl halides is 1. The molecule has 0 spiro atoms. The Morgan fingerprint density at radius 1 is 1.25 bits per heavy atom. The van der Waals surface area contributed by atoms with E-state index >= 15 is 0 Å². The number of piperidine rings is 1. The molecular weight excluding hydrogens is 201 g/mol. The molecule has 1 aromatic carbocycles. The first-order valence-electron chi connectivity index (χ1n) is 6.26. The zero-order valence-corrected chi connectivity index (χ0v) is 9.66. The van der Waals surface area contributed by atoms with Gasteiger partial charge in [-0.15, -0.1) is 0 Å². The molecule has 0 bridgehead atoms. The summed E-state index contributed by atoms with van der Waals surface area (Å²) in [4.78, 5) is 0. The van der Waals surface area contributed by atoms with Crippen molar-refractivity contribution in [2.24, 2.45) is 0 Å². The fourth-order valence-corrected chi connectivity index (χ4v) is 2.39. The van der Waals surface area contributed by atoms with Crippen LogP contribution in [0.2, 0.25) is 0 Å². The van der Waals surface area contributed by atoms with Crippen LogP contribution in [0.5, 0.6) is 0 Å². The van der Waals surface area contributed by atoms with Gasteiger partial charge in [0, 0.05) is 12.5 Å². The van der Waals surface area contributed by atoms with E-state index in [-0.39, 0.29) is 0 Å². The molecule has 0 radical (unpaired) electrons. The Hall–Kier alpha value is -0.890. The largest absolute Gasteiger partial charge is 0.314 e. The van der Waals surface area contributed by atoms with Crippen molar-refractivity contribution in [2.75, 3.05) is 6.54 Å². The molecule has 16 heavy (non-hydrogen) atoms. The third kappa shape index (κ3) is 3.60. The average molecular weight is 221 g/mol. The van der Waals surface area contributed by atoms with Gasteiger partial charge in [0.1, 0.15) is 6.17 Å². The highest BCUT2D eigenvalue weighted by molar-refractivity contribution is 5.15. The topological polar surface area (TPSA) is 12.0 Å². The van der Waals surface area contributed by atoms with Gasteiger partial charge in [0.25, 0.3) is 0 Å². The monoisotopic (exact) mass is 221 g/mol. The van der Waals surface area contributed by atoms with Gasteiger partial charge in [-0.2, -0.15) is 0 Å². The second-order valence-electron chi connectivity index (χ2n) is 4.67. The Labute approximate surface area is 97.1 Å². The predicted octanol–water partition coefficient (Wildman–Crippen LogP) is 3.10. The molecule has 1 N–H and O–H groups in total. The maximum absolute atomic E-state index is 13.8. The van der Waals surface area contributed by atoms with Crippen LogP contribution in [-0.2, 0) is 6.42 Å². The summed E-state index contributed by atoms with van der Waals surface area (Å²) >= 11 is 0. The van der Waals surface area contributed by atoms with Crippen LogP contribution in [0.25, 0.3) is 0 Å². The van der Waals surface area contributed by atoms with Crippen LogP contribution < -0.4 is 5.32 Å². The molecule has 88 valence electrons. The highest BCUT2D eigenvalue weighted by atomic mass is 19.1. The van der Waals surface area contributed by atoms with Crippen LogP contribution in [0.1, 0.15) is 31.2 Å². The summed E-state index contributed by atoms with van der Waals surface area (Å²) in [6, 6.07) is 10.3. The van der Waals surface area contributed by atoms with E-state index < -0.39 is 6.17 Å². The minimum Gasteiger partial charge on any atom is -0.314 e. The zero-order chi connectivity index (χ0) is 11.2. The molecule has 0 aromatic heterocycles. The first-order valence-corrected chi connectivity index (χ1v) is 6.26. The number of rotatable bonds is 4. The normalized spacial score (nSPS) is 22.9. The summed E-state index contributed by atoms with van der Waals surface area (Å²) in [7, 11) is 0. The molecule has 1 fully saturated rings. The number of halogens is 1. The molecule has 2 heteroatoms. The quantitative estimate of drug-likeness (QED) is 0.823. The molecule has 0 amide bonds. The predicted molar refractivity (Wildman–Crippen MR) is 65.3 cm³/mol. The van der Waals surface area contributed by atoms with Crippen molar-refractivity contribution < 1.29 is 4.39 Å². The van der Waals surface area contributed by atoms with Gasteiger partial charge in [-0.3, -0.25) is 0 Å². The molecule has 1 aliphatic rings. The minimum atomic E-state index is -0.710. The molecule has 1 saturated heterocycles. The van der Waals surface area contributed by atoms with Crippen molar-refractivity contribution >= 4 is 0 Å². The smallest absolute Gasteiger partial charge is 0.106 e. The Bertz CT molecular complexity index is 293. The molecule has 0 aliphatic carbocycles. The second-order valence-corrected chi connectivity index (χ2v) is 4.67. The van der Waals surface area contributed by atoms with Crippen molar-refractivity contribution in [3.8, 4) is 0 Å². The standard InChI is InChI=1S/C14H20FN/c15-13(10-12-6-2-1-3-7-12)11-14-8-4-5-9-16-14/h1-3,6-7,13-14,16H,4-5,8-11H2. The number of nitrogens with one attached hydrogen (secondary N) is 1. The maximum atomic E-state index is 13.8. The van der Waals surface area contributed by atoms with E-state index in [2.05, 4.69) is 5.32 Å². The minimum absolute atomic E-state index is 0.396. The van der Waals surface area contributed by atoms with E-state index in [4.69, 9.17) is 0 Å².